The van der Waals surface area contributed by atoms with Crippen molar-refractivity contribution in [3.63, 3.8) is 0 Å². The minimum atomic E-state index is -4.77. The third-order valence-corrected chi connectivity index (χ3v) is 2.34. The molecule has 0 radical (unpaired) electrons. The molecule has 1 unspecified atom stereocenters. The first-order valence-electron chi connectivity index (χ1n) is 4.32. The quantitative estimate of drug-likeness (QED) is 0.592. The van der Waals surface area contributed by atoms with Crippen LogP contribution in [0.4, 0.5) is 13.2 Å². The molecule has 1 aromatic rings. The van der Waals surface area contributed by atoms with Gasteiger partial charge in [0.25, 0.3) is 0 Å². The first kappa shape index (κ1) is 12.4. The lowest BCUT2D eigenvalue weighted by atomic mass is 9.92. The Balaban J connectivity index is 3.23. The van der Waals surface area contributed by atoms with Crippen LogP contribution in [0, 0.1) is 4.91 Å². The van der Waals surface area contributed by atoms with Crippen molar-refractivity contribution in [1.29, 1.82) is 0 Å². The lowest BCUT2D eigenvalue weighted by Gasteiger charge is -2.24. The molecule has 0 fully saturated rings. The summed E-state index contributed by atoms with van der Waals surface area (Å²) in [7, 11) is 0. The van der Waals surface area contributed by atoms with Gasteiger partial charge in [-0.1, -0.05) is 24.3 Å². The highest BCUT2D eigenvalue weighted by Crippen LogP contribution is 2.41. The predicted molar refractivity (Wildman–Crippen MR) is 51.0 cm³/mol. The number of carbonyl (C=O) groups is 1. The number of carbonyl (C=O) groups excluding carboxylic acids is 1. The number of rotatable bonds is 3. The summed E-state index contributed by atoms with van der Waals surface area (Å²) < 4.78 is 37.8. The van der Waals surface area contributed by atoms with Crippen LogP contribution in [-0.4, -0.2) is 12.5 Å². The molecule has 0 amide bonds. The molecule has 0 spiro atoms. The minimum absolute atomic E-state index is 0.235. The van der Waals surface area contributed by atoms with Crippen LogP contribution in [0.5, 0.6) is 0 Å². The largest absolute Gasteiger partial charge is 0.421 e. The summed E-state index contributed by atoms with van der Waals surface area (Å²) in [5, 5.41) is 2.15. The van der Waals surface area contributed by atoms with Crippen molar-refractivity contribution < 1.29 is 18.0 Å². The number of nitroso groups, excluding NO2 is 1. The van der Waals surface area contributed by atoms with Crippen molar-refractivity contribution in [2.45, 2.75) is 18.6 Å². The maximum absolute atomic E-state index is 12.6. The molecule has 0 saturated heterocycles. The lowest BCUT2D eigenvalue weighted by Crippen LogP contribution is -2.37. The Hall–Kier alpha value is -1.72. The number of hydrogen-bond donors (Lipinski definition) is 0. The summed E-state index contributed by atoms with van der Waals surface area (Å²) in [5.74, 6) is 0. The lowest BCUT2D eigenvalue weighted by molar-refractivity contribution is -0.183. The predicted octanol–water partition coefficient (Wildman–Crippen LogP) is 3.04. The third kappa shape index (κ3) is 1.95. The molecule has 0 aromatic heterocycles. The van der Waals surface area contributed by atoms with E-state index in [1.807, 2.05) is 0 Å². The van der Waals surface area contributed by atoms with Crippen molar-refractivity contribution in [2.24, 2.45) is 5.18 Å². The highest BCUT2D eigenvalue weighted by atomic mass is 19.4. The van der Waals surface area contributed by atoms with Crippen LogP contribution in [0.2, 0.25) is 0 Å². The van der Waals surface area contributed by atoms with Gasteiger partial charge >= 0.3 is 6.18 Å². The Labute approximate surface area is 89.2 Å². The van der Waals surface area contributed by atoms with Gasteiger partial charge in [0.05, 0.1) is 0 Å². The fourth-order valence-corrected chi connectivity index (χ4v) is 1.15. The Bertz CT molecular complexity index is 400. The molecule has 0 heterocycles. The molecule has 0 N–H and O–H groups in total. The molecule has 86 valence electrons. The van der Waals surface area contributed by atoms with E-state index in [1.54, 1.807) is 0 Å². The van der Waals surface area contributed by atoms with Gasteiger partial charge in [0.15, 0.2) is 0 Å². The highest BCUT2D eigenvalue weighted by Gasteiger charge is 2.54. The van der Waals surface area contributed by atoms with Gasteiger partial charge in [0.1, 0.15) is 6.29 Å². The molecule has 1 atom stereocenters. The first-order chi connectivity index (χ1) is 7.35. The van der Waals surface area contributed by atoms with Gasteiger partial charge in [-0.3, -0.25) is 4.79 Å². The van der Waals surface area contributed by atoms with Crippen molar-refractivity contribution in [1.82, 2.24) is 0 Å². The molecular weight excluding hydrogens is 223 g/mol. The zero-order valence-corrected chi connectivity index (χ0v) is 8.28. The van der Waals surface area contributed by atoms with Crippen molar-refractivity contribution in [3.8, 4) is 0 Å². The molecule has 0 aliphatic rings. The van der Waals surface area contributed by atoms with Gasteiger partial charge in [-0.2, -0.15) is 13.2 Å². The Morgan fingerprint density at radius 1 is 1.19 bits per heavy atom. The fourth-order valence-electron chi connectivity index (χ4n) is 1.15. The van der Waals surface area contributed by atoms with Crippen LogP contribution in [0.1, 0.15) is 22.8 Å². The number of nitrogens with zero attached hydrogens (tertiary/aromatic N) is 1. The van der Waals surface area contributed by atoms with Crippen LogP contribution in [0.15, 0.2) is 29.4 Å². The molecule has 6 heteroatoms. The Morgan fingerprint density at radius 2 is 1.69 bits per heavy atom. The normalized spacial score (nSPS) is 15.2. The average molecular weight is 231 g/mol. The van der Waals surface area contributed by atoms with Crippen molar-refractivity contribution in [2.75, 3.05) is 0 Å². The van der Waals surface area contributed by atoms with E-state index in [4.69, 9.17) is 0 Å². The van der Waals surface area contributed by atoms with E-state index in [0.29, 0.717) is 13.2 Å². The monoisotopic (exact) mass is 231 g/mol. The number of hydrogen-bond acceptors (Lipinski definition) is 3. The molecule has 1 rings (SSSR count). The Morgan fingerprint density at radius 3 is 2.00 bits per heavy atom. The summed E-state index contributed by atoms with van der Waals surface area (Å²) in [5.41, 5.74) is -2.84. The molecule has 16 heavy (non-hydrogen) atoms. The maximum atomic E-state index is 12.6. The van der Waals surface area contributed by atoms with E-state index >= 15 is 0 Å². The second-order valence-electron chi connectivity index (χ2n) is 3.40. The molecular formula is C10H8F3NO2. The second-order valence-corrected chi connectivity index (χ2v) is 3.40. The zero-order chi connectivity index (χ0) is 12.4. The van der Waals surface area contributed by atoms with Crippen LogP contribution in [-0.2, 0) is 5.54 Å². The minimum Gasteiger partial charge on any atom is -0.298 e. The van der Waals surface area contributed by atoms with Crippen molar-refractivity contribution in [3.05, 3.63) is 40.3 Å². The fraction of sp³-hybridized carbons (Fsp3) is 0.300. The third-order valence-electron chi connectivity index (χ3n) is 2.34. The molecule has 0 aliphatic heterocycles. The maximum Gasteiger partial charge on any atom is 0.421 e. The van der Waals surface area contributed by atoms with E-state index in [0.717, 1.165) is 12.1 Å². The van der Waals surface area contributed by atoms with Crippen LogP contribution < -0.4 is 0 Å². The van der Waals surface area contributed by atoms with Crippen LogP contribution >= 0.6 is 0 Å². The van der Waals surface area contributed by atoms with E-state index in [2.05, 4.69) is 5.18 Å². The highest BCUT2D eigenvalue weighted by molar-refractivity contribution is 5.74. The molecule has 3 nitrogen and oxygen atoms in total. The van der Waals surface area contributed by atoms with E-state index in [-0.39, 0.29) is 11.1 Å². The number of aldehydes is 1. The van der Waals surface area contributed by atoms with Gasteiger partial charge in [0.2, 0.25) is 5.54 Å². The summed E-state index contributed by atoms with van der Waals surface area (Å²) in [6.45, 7) is 0.690. The second kappa shape index (κ2) is 4.03. The average Bonchev–Trinajstić information content (AvgIpc) is 2.26. The van der Waals surface area contributed by atoms with E-state index < -0.39 is 11.7 Å². The van der Waals surface area contributed by atoms with E-state index in [1.165, 1.54) is 12.1 Å². The number of halogens is 3. The zero-order valence-electron chi connectivity index (χ0n) is 8.28. The van der Waals surface area contributed by atoms with Crippen molar-refractivity contribution >= 4 is 6.29 Å². The van der Waals surface area contributed by atoms with Crippen LogP contribution in [0.3, 0.4) is 0 Å². The summed E-state index contributed by atoms with van der Waals surface area (Å²) in [6, 6.07) is 4.55. The first-order valence-corrected chi connectivity index (χ1v) is 4.32. The van der Waals surface area contributed by atoms with Crippen LogP contribution in [0.25, 0.3) is 0 Å². The molecule has 1 aromatic carbocycles. The standard InChI is InChI=1S/C10H8F3NO2/c1-9(14-16,10(11,12)13)8-4-2-7(6-15)3-5-8/h2-6H,1H3. The summed E-state index contributed by atoms with van der Waals surface area (Å²) >= 11 is 0. The topological polar surface area (TPSA) is 46.5 Å². The number of alkyl halides is 3. The molecule has 0 aliphatic carbocycles. The van der Waals surface area contributed by atoms with E-state index in [9.17, 15) is 22.9 Å². The molecule has 0 saturated carbocycles. The van der Waals surface area contributed by atoms with Gasteiger partial charge in [-0.25, -0.2) is 0 Å². The van der Waals surface area contributed by atoms with Gasteiger partial charge in [0, 0.05) is 5.56 Å². The van der Waals surface area contributed by atoms with Gasteiger partial charge in [-0.15, -0.1) is 4.91 Å². The smallest absolute Gasteiger partial charge is 0.298 e. The SMILES string of the molecule is CC(N=O)(c1ccc(C=O)cc1)C(F)(F)F. The number of benzene rings is 1. The summed E-state index contributed by atoms with van der Waals surface area (Å²) in [4.78, 5) is 20.7. The summed E-state index contributed by atoms with van der Waals surface area (Å²) in [6.07, 6.45) is -4.26. The van der Waals surface area contributed by atoms with Gasteiger partial charge in [-0.05, 0) is 17.7 Å². The Kier molecular flexibility index (Phi) is 3.11. The molecule has 0 bridgehead atoms. The van der Waals surface area contributed by atoms with Gasteiger partial charge < -0.3 is 0 Å².